The molecule has 0 aromatic rings. The molecule has 0 saturated carbocycles. The minimum absolute atomic E-state index is 0.138. The van der Waals surface area contributed by atoms with E-state index in [0.29, 0.717) is 62.9 Å². The Morgan fingerprint density at radius 1 is 0.900 bits per heavy atom. The van der Waals surface area contributed by atoms with Crippen molar-refractivity contribution in [1.29, 1.82) is 0 Å². The van der Waals surface area contributed by atoms with E-state index in [1.54, 1.807) is 13.0 Å². The van der Waals surface area contributed by atoms with E-state index in [2.05, 4.69) is 58.7 Å². The molecule has 0 radical (unpaired) electrons. The van der Waals surface area contributed by atoms with Gasteiger partial charge in [-0.1, -0.05) is 48.5 Å². The topological polar surface area (TPSA) is 142 Å². The summed E-state index contributed by atoms with van der Waals surface area (Å²) < 4.78 is 11.0. The number of rotatable bonds is 14. The molecule has 6 aliphatic rings. The van der Waals surface area contributed by atoms with Gasteiger partial charge >= 0.3 is 11.9 Å². The van der Waals surface area contributed by atoms with Gasteiger partial charge in [0, 0.05) is 51.9 Å². The molecule has 5 aliphatic heterocycles. The smallest absolute Gasteiger partial charge is 0.321 e. The minimum Gasteiger partial charge on any atom is -0.510 e. The summed E-state index contributed by atoms with van der Waals surface area (Å²) in [6.45, 7) is 22.4. The predicted octanol–water partition coefficient (Wildman–Crippen LogP) is 9.96. The molecular weight excluding hydrogens is 753 g/mol. The van der Waals surface area contributed by atoms with Crippen molar-refractivity contribution in [2.75, 3.05) is 13.7 Å². The first-order valence-electron chi connectivity index (χ1n) is 21.0. The van der Waals surface area contributed by atoms with Crippen LogP contribution in [0.5, 0.6) is 0 Å². The lowest BCUT2D eigenvalue weighted by molar-refractivity contribution is -0.144. The quantitative estimate of drug-likeness (QED) is 0.117. The van der Waals surface area contributed by atoms with Crippen LogP contribution in [0.2, 0.25) is 0 Å². The number of carbonyl (C=O) groups is 2. The van der Waals surface area contributed by atoms with E-state index in [1.165, 1.54) is 23.8 Å². The van der Waals surface area contributed by atoms with Gasteiger partial charge in [0.25, 0.3) is 0 Å². The maximum absolute atomic E-state index is 13.6. The second-order valence-electron chi connectivity index (χ2n) is 16.8. The van der Waals surface area contributed by atoms with E-state index in [-0.39, 0.29) is 36.6 Å². The first-order valence-corrected chi connectivity index (χ1v) is 21.0. The maximum atomic E-state index is 13.6. The SMILES string of the molecule is C=CC1=C(C)C2=NC1=CC1=NC(=CC3=C(C)C4=C(O)[C@H](C(=O)OC)C(=C5NC(=C2)[C@@H](C)[C@@H]5CCC(=O)OCC=C(C)CCC=C(C)CCC=C(C)C)C4=N3)C([C@@H](C)O)=C1C. The minimum atomic E-state index is -1.13. The van der Waals surface area contributed by atoms with E-state index in [0.717, 1.165) is 53.8 Å². The zero-order chi connectivity index (χ0) is 43.6. The molecule has 10 heteroatoms. The van der Waals surface area contributed by atoms with Crippen molar-refractivity contribution >= 4 is 29.1 Å². The van der Waals surface area contributed by atoms with Gasteiger partial charge in [-0.15, -0.1) is 0 Å². The van der Waals surface area contributed by atoms with Crippen molar-refractivity contribution < 1.29 is 29.3 Å². The van der Waals surface area contributed by atoms with Gasteiger partial charge in [0.05, 0.1) is 47.4 Å². The highest BCUT2D eigenvalue weighted by Crippen LogP contribution is 2.49. The summed E-state index contributed by atoms with van der Waals surface area (Å²) >= 11 is 0. The highest BCUT2D eigenvalue weighted by molar-refractivity contribution is 6.24. The lowest BCUT2D eigenvalue weighted by atomic mass is 9.84. The van der Waals surface area contributed by atoms with E-state index in [4.69, 9.17) is 24.5 Å². The van der Waals surface area contributed by atoms with Gasteiger partial charge in [-0.05, 0) is 129 Å². The monoisotopic (exact) mass is 812 g/mol. The Balaban J connectivity index is 1.34. The zero-order valence-electron chi connectivity index (χ0n) is 36.9. The number of nitrogens with zero attached hydrogens (tertiary/aromatic N) is 3. The van der Waals surface area contributed by atoms with E-state index >= 15 is 0 Å². The molecule has 316 valence electrons. The number of ether oxygens (including phenoxy) is 2. The standard InChI is InChI=1S/C50H60N4O6/c1-12-34-29(6)36-23-37-30(7)35(19-20-42(56)60-22-21-28(5)18-14-17-27(4)16-13-15-26(2)3)47(53-37)45-46(50(58)59-11)49(57)44-32(9)39(54-48(44)45)25-41-43(33(10)55)31(8)38(52-41)24-40(34)51-36/h12,15,17,21,23-25,30,33,35,46,53,55,57H,1,13-14,16,18-20,22H2,2-11H3/t30-,33+,35-,46+/m0/s1. The number of fused-ring (bicyclic) bond motifs is 5. The predicted molar refractivity (Wildman–Crippen MR) is 240 cm³/mol. The molecule has 0 spiro atoms. The molecule has 8 bridgehead atoms. The number of methoxy groups -OCH3 is 1. The summed E-state index contributed by atoms with van der Waals surface area (Å²) in [5.74, 6) is -2.63. The molecule has 60 heavy (non-hydrogen) atoms. The van der Waals surface area contributed by atoms with Crippen molar-refractivity contribution in [3.05, 3.63) is 139 Å². The van der Waals surface area contributed by atoms with Crippen LogP contribution in [0, 0.1) is 17.8 Å². The Kier molecular flexibility index (Phi) is 13.4. The van der Waals surface area contributed by atoms with E-state index in [1.807, 2.05) is 45.1 Å². The number of aliphatic hydroxyl groups is 2. The third kappa shape index (κ3) is 8.80. The molecule has 0 amide bonds. The fourth-order valence-corrected chi connectivity index (χ4v) is 8.78. The third-order valence-electron chi connectivity index (χ3n) is 12.3. The van der Waals surface area contributed by atoms with Crippen LogP contribution < -0.4 is 5.32 Å². The van der Waals surface area contributed by atoms with Gasteiger partial charge < -0.3 is 25.0 Å². The highest BCUT2D eigenvalue weighted by Gasteiger charge is 2.49. The maximum Gasteiger partial charge on any atom is 0.321 e. The number of aliphatic hydroxyl groups excluding tert-OH is 2. The third-order valence-corrected chi connectivity index (χ3v) is 12.3. The van der Waals surface area contributed by atoms with Gasteiger partial charge in [0.1, 0.15) is 18.3 Å². The molecule has 10 nitrogen and oxygen atoms in total. The average molecular weight is 813 g/mol. The number of hydrogen-bond donors (Lipinski definition) is 3. The molecule has 1 aliphatic carbocycles. The van der Waals surface area contributed by atoms with Crippen molar-refractivity contribution in [2.45, 2.75) is 107 Å². The second-order valence-corrected chi connectivity index (χ2v) is 16.8. The van der Waals surface area contributed by atoms with Gasteiger partial charge in [-0.3, -0.25) is 9.59 Å². The Morgan fingerprint density at radius 3 is 2.23 bits per heavy atom. The van der Waals surface area contributed by atoms with Crippen LogP contribution in [0.15, 0.2) is 154 Å². The van der Waals surface area contributed by atoms with Crippen molar-refractivity contribution in [3.63, 3.8) is 0 Å². The van der Waals surface area contributed by atoms with Crippen molar-refractivity contribution in [2.24, 2.45) is 32.7 Å². The number of allylic oxidation sites excluding steroid dienone is 15. The molecule has 1 fully saturated rings. The summed E-state index contributed by atoms with van der Waals surface area (Å²) in [4.78, 5) is 42.0. The molecule has 6 rings (SSSR count). The normalized spacial score (nSPS) is 23.0. The Morgan fingerprint density at radius 2 is 1.57 bits per heavy atom. The number of hydrogen-bond acceptors (Lipinski definition) is 10. The van der Waals surface area contributed by atoms with Gasteiger partial charge in [0.15, 0.2) is 0 Å². The van der Waals surface area contributed by atoms with E-state index in [9.17, 15) is 19.8 Å². The van der Waals surface area contributed by atoms with Crippen LogP contribution in [0.25, 0.3) is 0 Å². The lowest BCUT2D eigenvalue weighted by Crippen LogP contribution is -2.25. The molecular formula is C50H60N4O6. The van der Waals surface area contributed by atoms with Gasteiger partial charge in [0.2, 0.25) is 0 Å². The Labute approximate surface area is 355 Å². The summed E-state index contributed by atoms with van der Waals surface area (Å²) in [5.41, 5.74) is 14.0. The zero-order valence-corrected chi connectivity index (χ0v) is 36.9. The number of aliphatic imine (C=N–C) groups is 3. The molecule has 0 aromatic carbocycles. The van der Waals surface area contributed by atoms with Crippen LogP contribution in [0.1, 0.15) is 101 Å². The Hall–Kier alpha value is -5.61. The number of esters is 2. The van der Waals surface area contributed by atoms with Crippen molar-refractivity contribution in [3.8, 4) is 0 Å². The Bertz CT molecular complexity index is 2350. The molecule has 0 aromatic heterocycles. The van der Waals surface area contributed by atoms with Crippen LogP contribution in [-0.4, -0.2) is 59.1 Å². The number of carbonyl (C=O) groups excluding carboxylic acids is 2. The second kappa shape index (κ2) is 18.3. The summed E-state index contributed by atoms with van der Waals surface area (Å²) in [6, 6.07) is 0. The van der Waals surface area contributed by atoms with Gasteiger partial charge in [-0.25, -0.2) is 15.0 Å². The van der Waals surface area contributed by atoms with Crippen molar-refractivity contribution in [1.82, 2.24) is 5.32 Å². The van der Waals surface area contributed by atoms with Crippen LogP contribution >= 0.6 is 0 Å². The first kappa shape index (κ1) is 44.0. The molecule has 3 N–H and O–H groups in total. The van der Waals surface area contributed by atoms with Crippen LogP contribution in [0.3, 0.4) is 0 Å². The summed E-state index contributed by atoms with van der Waals surface area (Å²) in [6.07, 6.45) is 17.8. The largest absolute Gasteiger partial charge is 0.510 e. The molecule has 1 saturated heterocycles. The van der Waals surface area contributed by atoms with Crippen LogP contribution in [-0.2, 0) is 19.1 Å². The summed E-state index contributed by atoms with van der Waals surface area (Å²) in [5, 5.41) is 26.5. The van der Waals surface area contributed by atoms with Crippen LogP contribution in [0.4, 0.5) is 0 Å². The summed E-state index contributed by atoms with van der Waals surface area (Å²) in [7, 11) is 1.30. The molecule has 0 unspecified atom stereocenters. The van der Waals surface area contributed by atoms with E-state index < -0.39 is 18.0 Å². The molecule has 4 atom stereocenters. The first-order chi connectivity index (χ1) is 28.6. The number of nitrogens with one attached hydrogen (secondary N) is 1. The van der Waals surface area contributed by atoms with Gasteiger partial charge in [-0.2, -0.15) is 0 Å². The lowest BCUT2D eigenvalue weighted by Gasteiger charge is -2.20. The average Bonchev–Trinajstić information content (AvgIpc) is 3.94. The fourth-order valence-electron chi connectivity index (χ4n) is 8.78. The highest BCUT2D eigenvalue weighted by atomic mass is 16.5. The molecule has 5 heterocycles. The fraction of sp³-hybridized carbons (Fsp3) is 0.420.